The van der Waals surface area contributed by atoms with E-state index >= 15 is 0 Å². The fourth-order valence-corrected chi connectivity index (χ4v) is 4.42. The summed E-state index contributed by atoms with van der Waals surface area (Å²) in [5, 5.41) is 10.8. The topological polar surface area (TPSA) is 68.0 Å². The van der Waals surface area contributed by atoms with Crippen molar-refractivity contribution in [3.05, 3.63) is 47.3 Å². The van der Waals surface area contributed by atoms with Crippen LogP contribution in [0, 0.1) is 18.8 Å². The number of nitrogens with one attached hydrogen (secondary N) is 1. The standard InChI is InChI=1S/C18H21N3O2/c1-11-15(21-23-20-11)10-16(22)19-18-14-9-5-8-13(14)17(18)12-6-3-2-4-7-12/h2-4,6-7,13-14,17-18H,5,8-10H2,1H3,(H,19,22)/t13-,14-,17-,18-/m1/s1. The Morgan fingerprint density at radius 1 is 1.22 bits per heavy atom. The van der Waals surface area contributed by atoms with Gasteiger partial charge < -0.3 is 5.32 Å². The third-order valence-corrected chi connectivity index (χ3v) is 5.52. The smallest absolute Gasteiger partial charge is 0.226 e. The van der Waals surface area contributed by atoms with Crippen molar-refractivity contribution >= 4 is 5.91 Å². The first-order valence-corrected chi connectivity index (χ1v) is 8.36. The second-order valence-corrected chi connectivity index (χ2v) is 6.76. The lowest BCUT2D eigenvalue weighted by atomic mass is 9.60. The monoisotopic (exact) mass is 311 g/mol. The van der Waals surface area contributed by atoms with Crippen LogP contribution in [-0.2, 0) is 11.2 Å². The van der Waals surface area contributed by atoms with Crippen molar-refractivity contribution in [2.75, 3.05) is 0 Å². The maximum absolute atomic E-state index is 12.4. The van der Waals surface area contributed by atoms with Crippen molar-refractivity contribution < 1.29 is 9.42 Å². The van der Waals surface area contributed by atoms with Gasteiger partial charge in [0.25, 0.3) is 0 Å². The van der Waals surface area contributed by atoms with Crippen LogP contribution in [0.4, 0.5) is 0 Å². The van der Waals surface area contributed by atoms with Crippen molar-refractivity contribution in [3.63, 3.8) is 0 Å². The van der Waals surface area contributed by atoms with Crippen molar-refractivity contribution in [1.82, 2.24) is 15.6 Å². The highest BCUT2D eigenvalue weighted by Crippen LogP contribution is 2.55. The number of benzene rings is 1. The summed E-state index contributed by atoms with van der Waals surface area (Å²) < 4.78 is 4.67. The number of aryl methyl sites for hydroxylation is 1. The summed E-state index contributed by atoms with van der Waals surface area (Å²) >= 11 is 0. The minimum Gasteiger partial charge on any atom is -0.352 e. The Balaban J connectivity index is 1.48. The quantitative estimate of drug-likeness (QED) is 0.942. The summed E-state index contributed by atoms with van der Waals surface area (Å²) in [7, 11) is 0. The Morgan fingerprint density at radius 2 is 2.00 bits per heavy atom. The molecule has 23 heavy (non-hydrogen) atoms. The fourth-order valence-electron chi connectivity index (χ4n) is 4.42. The van der Waals surface area contributed by atoms with E-state index in [0.29, 0.717) is 23.2 Å². The molecule has 1 aromatic carbocycles. The zero-order valence-corrected chi connectivity index (χ0v) is 13.2. The van der Waals surface area contributed by atoms with Gasteiger partial charge in [-0.3, -0.25) is 4.79 Å². The molecule has 2 aliphatic carbocycles. The van der Waals surface area contributed by atoms with E-state index in [1.54, 1.807) is 0 Å². The number of carbonyl (C=O) groups is 1. The Bertz CT molecular complexity index is 697. The average Bonchev–Trinajstić information content (AvgIpc) is 3.14. The molecule has 5 heteroatoms. The van der Waals surface area contributed by atoms with Crippen LogP contribution in [0.2, 0.25) is 0 Å². The van der Waals surface area contributed by atoms with E-state index in [1.807, 2.05) is 13.0 Å². The van der Waals surface area contributed by atoms with Gasteiger partial charge in [-0.15, -0.1) is 0 Å². The van der Waals surface area contributed by atoms with Gasteiger partial charge in [-0.25, -0.2) is 4.63 Å². The predicted octanol–water partition coefficient (Wildman–Crippen LogP) is 2.62. The summed E-state index contributed by atoms with van der Waals surface area (Å²) in [5.74, 6) is 1.81. The van der Waals surface area contributed by atoms with Gasteiger partial charge in [0.2, 0.25) is 5.91 Å². The molecule has 1 aromatic heterocycles. The van der Waals surface area contributed by atoms with Crippen LogP contribution in [0.15, 0.2) is 35.0 Å². The molecular weight excluding hydrogens is 290 g/mol. The van der Waals surface area contributed by atoms with Crippen LogP contribution < -0.4 is 5.32 Å². The maximum atomic E-state index is 12.4. The van der Waals surface area contributed by atoms with E-state index in [1.165, 1.54) is 24.8 Å². The molecule has 0 bridgehead atoms. The lowest BCUT2D eigenvalue weighted by Gasteiger charge is -2.49. The number of carbonyl (C=O) groups excluding carboxylic acids is 1. The molecule has 0 radical (unpaired) electrons. The van der Waals surface area contributed by atoms with E-state index in [4.69, 9.17) is 0 Å². The lowest BCUT2D eigenvalue weighted by Crippen LogP contribution is -2.56. The predicted molar refractivity (Wildman–Crippen MR) is 84.7 cm³/mol. The van der Waals surface area contributed by atoms with E-state index in [0.717, 1.165) is 5.92 Å². The first kappa shape index (κ1) is 14.4. The zero-order valence-electron chi connectivity index (χ0n) is 13.2. The van der Waals surface area contributed by atoms with E-state index < -0.39 is 0 Å². The average molecular weight is 311 g/mol. The van der Waals surface area contributed by atoms with Crippen LogP contribution in [0.3, 0.4) is 0 Å². The Hall–Kier alpha value is -2.17. The summed E-state index contributed by atoms with van der Waals surface area (Å²) in [4.78, 5) is 12.4. The molecule has 2 saturated carbocycles. The van der Waals surface area contributed by atoms with E-state index in [2.05, 4.69) is 44.5 Å². The van der Waals surface area contributed by atoms with E-state index in [9.17, 15) is 4.79 Å². The number of hydrogen-bond donors (Lipinski definition) is 1. The lowest BCUT2D eigenvalue weighted by molar-refractivity contribution is -0.123. The normalized spacial score (nSPS) is 28.9. The molecule has 0 saturated heterocycles. The number of fused-ring (bicyclic) bond motifs is 1. The van der Waals surface area contributed by atoms with Gasteiger partial charge >= 0.3 is 0 Å². The molecule has 4 rings (SSSR count). The van der Waals surface area contributed by atoms with Crippen molar-refractivity contribution in [2.24, 2.45) is 11.8 Å². The zero-order chi connectivity index (χ0) is 15.8. The second kappa shape index (κ2) is 5.80. The van der Waals surface area contributed by atoms with Crippen LogP contribution in [0.25, 0.3) is 0 Å². The number of hydrogen-bond acceptors (Lipinski definition) is 4. The Kier molecular flexibility index (Phi) is 3.63. The molecule has 2 aromatic rings. The molecule has 1 heterocycles. The van der Waals surface area contributed by atoms with Crippen molar-refractivity contribution in [3.8, 4) is 0 Å². The van der Waals surface area contributed by atoms with Crippen LogP contribution in [0.1, 0.15) is 42.1 Å². The van der Waals surface area contributed by atoms with Crippen LogP contribution in [-0.4, -0.2) is 22.3 Å². The minimum absolute atomic E-state index is 0.0140. The van der Waals surface area contributed by atoms with Gasteiger partial charge in [-0.1, -0.05) is 47.1 Å². The van der Waals surface area contributed by atoms with Gasteiger partial charge in [0.1, 0.15) is 11.4 Å². The highest BCUT2D eigenvalue weighted by atomic mass is 16.6. The van der Waals surface area contributed by atoms with Gasteiger partial charge in [0, 0.05) is 12.0 Å². The molecule has 2 aliphatic rings. The number of nitrogens with zero attached hydrogens (tertiary/aromatic N) is 2. The molecule has 120 valence electrons. The number of aromatic nitrogens is 2. The van der Waals surface area contributed by atoms with Crippen molar-refractivity contribution in [1.29, 1.82) is 0 Å². The molecule has 2 fully saturated rings. The second-order valence-electron chi connectivity index (χ2n) is 6.76. The van der Waals surface area contributed by atoms with Gasteiger partial charge in [0.05, 0.1) is 6.42 Å². The molecule has 5 nitrogen and oxygen atoms in total. The summed E-state index contributed by atoms with van der Waals surface area (Å²) in [6.07, 6.45) is 4.02. The SMILES string of the molecule is Cc1nonc1CC(=O)N[C@@H]1[C@@H]2CCC[C@H]2[C@H]1c1ccccc1. The highest BCUT2D eigenvalue weighted by Gasteiger charge is 2.53. The molecule has 0 aliphatic heterocycles. The van der Waals surface area contributed by atoms with Crippen LogP contribution in [0.5, 0.6) is 0 Å². The molecule has 0 unspecified atom stereocenters. The van der Waals surface area contributed by atoms with Crippen LogP contribution >= 0.6 is 0 Å². The number of amides is 1. The van der Waals surface area contributed by atoms with Crippen molar-refractivity contribution in [2.45, 2.75) is 44.6 Å². The summed E-state index contributed by atoms with van der Waals surface area (Å²) in [5.41, 5.74) is 2.66. The molecule has 1 N–H and O–H groups in total. The summed E-state index contributed by atoms with van der Waals surface area (Å²) in [6, 6.07) is 10.8. The highest BCUT2D eigenvalue weighted by molar-refractivity contribution is 5.79. The maximum Gasteiger partial charge on any atom is 0.226 e. The molecule has 0 spiro atoms. The first-order chi connectivity index (χ1) is 11.2. The Labute approximate surface area is 135 Å². The van der Waals surface area contributed by atoms with Gasteiger partial charge in [-0.05, 0) is 37.2 Å². The third-order valence-electron chi connectivity index (χ3n) is 5.52. The Morgan fingerprint density at radius 3 is 2.74 bits per heavy atom. The molecule has 4 atom stereocenters. The first-order valence-electron chi connectivity index (χ1n) is 8.36. The fraction of sp³-hybridized carbons (Fsp3) is 0.500. The summed E-state index contributed by atoms with van der Waals surface area (Å²) in [6.45, 7) is 1.81. The van der Waals surface area contributed by atoms with Gasteiger partial charge in [0.15, 0.2) is 0 Å². The van der Waals surface area contributed by atoms with Gasteiger partial charge in [-0.2, -0.15) is 0 Å². The largest absolute Gasteiger partial charge is 0.352 e. The minimum atomic E-state index is 0.0140. The molecule has 1 amide bonds. The number of rotatable bonds is 4. The third kappa shape index (κ3) is 2.54. The van der Waals surface area contributed by atoms with E-state index in [-0.39, 0.29) is 18.4 Å². The molecular formula is C18H21N3O2.